The Bertz CT molecular complexity index is 1170. The largest absolute Gasteiger partial charge is 0.288 e. The molecule has 0 unspecified atom stereocenters. The number of halogens is 1. The van der Waals surface area contributed by atoms with Crippen molar-refractivity contribution in [3.05, 3.63) is 64.6 Å². The second-order valence-corrected chi connectivity index (χ2v) is 6.70. The lowest BCUT2D eigenvalue weighted by atomic mass is 10.1. The Kier molecular flexibility index (Phi) is 4.67. The molecule has 4 rings (SSSR count). The number of benzene rings is 1. The number of carbonyl (C=O) groups excluding carboxylic acids is 1. The van der Waals surface area contributed by atoms with Gasteiger partial charge in [-0.15, -0.1) is 5.10 Å². The molecule has 0 saturated heterocycles. The van der Waals surface area contributed by atoms with Gasteiger partial charge in [0.1, 0.15) is 17.3 Å². The van der Waals surface area contributed by atoms with Crippen molar-refractivity contribution in [2.45, 2.75) is 20.3 Å². The van der Waals surface area contributed by atoms with Crippen molar-refractivity contribution in [1.82, 2.24) is 35.2 Å². The summed E-state index contributed by atoms with van der Waals surface area (Å²) in [6.45, 7) is 3.84. The molecule has 0 saturated carbocycles. The van der Waals surface area contributed by atoms with Gasteiger partial charge in [-0.25, -0.2) is 4.39 Å². The molecule has 10 heteroatoms. The maximum atomic E-state index is 13.0. The van der Waals surface area contributed by atoms with Crippen LogP contribution in [0.2, 0.25) is 0 Å². The van der Waals surface area contributed by atoms with Crippen molar-refractivity contribution in [2.24, 2.45) is 7.05 Å². The molecule has 9 nitrogen and oxygen atoms in total. The minimum atomic E-state index is -0.407. The van der Waals surface area contributed by atoms with E-state index in [1.54, 1.807) is 22.9 Å². The molecule has 0 aliphatic rings. The molecule has 0 aliphatic heterocycles. The number of nitrogens with one attached hydrogen (secondary N) is 3. The monoisotopic (exact) mass is 394 g/mol. The van der Waals surface area contributed by atoms with E-state index in [0.717, 1.165) is 22.5 Å². The Balaban J connectivity index is 1.46. The van der Waals surface area contributed by atoms with E-state index >= 15 is 0 Å². The lowest BCUT2D eigenvalue weighted by Crippen LogP contribution is -2.13. The van der Waals surface area contributed by atoms with Crippen LogP contribution in [0, 0.1) is 19.7 Å². The molecule has 4 aromatic rings. The van der Waals surface area contributed by atoms with Crippen LogP contribution in [0.1, 0.15) is 33.3 Å². The molecule has 0 bridgehead atoms. The van der Waals surface area contributed by atoms with Crippen LogP contribution in [0.4, 0.5) is 10.3 Å². The Morgan fingerprint density at radius 1 is 1.17 bits per heavy atom. The zero-order valence-electron chi connectivity index (χ0n) is 16.1. The van der Waals surface area contributed by atoms with Gasteiger partial charge in [-0.2, -0.15) is 15.2 Å². The zero-order chi connectivity index (χ0) is 20.5. The second-order valence-electron chi connectivity index (χ2n) is 6.70. The van der Waals surface area contributed by atoms with E-state index in [1.807, 2.05) is 20.9 Å². The van der Waals surface area contributed by atoms with Gasteiger partial charge in [0, 0.05) is 24.7 Å². The topological polar surface area (TPSA) is 117 Å². The molecule has 1 amide bonds. The standard InChI is InChI=1S/C19H19FN8O/c1-10-17(11(2)28(3)27-10)14-9-15(24-23-14)18(29)22-19-21-16(25-26-19)8-12-4-6-13(20)7-5-12/h4-7,9H,8H2,1-3H3,(H,23,24)(H2,21,22,25,26,29). The van der Waals surface area contributed by atoms with Crippen LogP contribution in [0.5, 0.6) is 0 Å². The Hall–Kier alpha value is -3.82. The first-order valence-corrected chi connectivity index (χ1v) is 8.93. The minimum absolute atomic E-state index is 0.150. The second kappa shape index (κ2) is 7.30. The quantitative estimate of drug-likeness (QED) is 0.481. The molecule has 0 atom stereocenters. The average molecular weight is 394 g/mol. The molecule has 0 aliphatic carbocycles. The number of aromatic amines is 2. The van der Waals surface area contributed by atoms with Crippen LogP contribution in [0.3, 0.4) is 0 Å². The third kappa shape index (κ3) is 3.77. The van der Waals surface area contributed by atoms with Gasteiger partial charge in [0.25, 0.3) is 5.91 Å². The van der Waals surface area contributed by atoms with Crippen LogP contribution in [-0.4, -0.2) is 41.1 Å². The SMILES string of the molecule is Cc1nn(C)c(C)c1-c1cc(C(=O)Nc2n[nH]c(Cc3ccc(F)cc3)n2)[nH]n1. The van der Waals surface area contributed by atoms with Gasteiger partial charge in [0.05, 0.1) is 11.4 Å². The summed E-state index contributed by atoms with van der Waals surface area (Å²) in [6, 6.07) is 7.78. The van der Waals surface area contributed by atoms with Crippen LogP contribution in [-0.2, 0) is 13.5 Å². The molecule has 3 heterocycles. The van der Waals surface area contributed by atoms with Crippen molar-refractivity contribution >= 4 is 11.9 Å². The number of carbonyl (C=O) groups is 1. The lowest BCUT2D eigenvalue weighted by molar-refractivity contribution is 0.102. The Morgan fingerprint density at radius 3 is 2.62 bits per heavy atom. The van der Waals surface area contributed by atoms with Gasteiger partial charge in [0.15, 0.2) is 0 Å². The van der Waals surface area contributed by atoms with E-state index in [9.17, 15) is 9.18 Å². The summed E-state index contributed by atoms with van der Waals surface area (Å²) in [5, 5.41) is 20.7. The van der Waals surface area contributed by atoms with E-state index in [0.29, 0.717) is 17.9 Å². The number of hydrogen-bond donors (Lipinski definition) is 3. The third-order valence-corrected chi connectivity index (χ3v) is 4.63. The van der Waals surface area contributed by atoms with Crippen LogP contribution in [0.25, 0.3) is 11.3 Å². The van der Waals surface area contributed by atoms with E-state index in [1.165, 1.54) is 12.1 Å². The molecule has 1 aromatic carbocycles. The zero-order valence-corrected chi connectivity index (χ0v) is 16.1. The first-order chi connectivity index (χ1) is 13.9. The maximum absolute atomic E-state index is 13.0. The van der Waals surface area contributed by atoms with E-state index in [2.05, 4.69) is 35.8 Å². The highest BCUT2D eigenvalue weighted by atomic mass is 19.1. The molecule has 0 radical (unpaired) electrons. The molecule has 29 heavy (non-hydrogen) atoms. The molecule has 148 valence electrons. The molecule has 0 fully saturated rings. The van der Waals surface area contributed by atoms with Crippen LogP contribution in [0.15, 0.2) is 30.3 Å². The third-order valence-electron chi connectivity index (χ3n) is 4.63. The first kappa shape index (κ1) is 18.5. The first-order valence-electron chi connectivity index (χ1n) is 8.93. The fraction of sp³-hybridized carbons (Fsp3) is 0.211. The summed E-state index contributed by atoms with van der Waals surface area (Å²) in [6.07, 6.45) is 0.441. The van der Waals surface area contributed by atoms with Gasteiger partial charge >= 0.3 is 0 Å². The fourth-order valence-electron chi connectivity index (χ4n) is 3.11. The highest BCUT2D eigenvalue weighted by Crippen LogP contribution is 2.25. The van der Waals surface area contributed by atoms with Crippen LogP contribution >= 0.6 is 0 Å². The lowest BCUT2D eigenvalue weighted by Gasteiger charge is -1.98. The predicted octanol–water partition coefficient (Wildman–Crippen LogP) is 2.53. The van der Waals surface area contributed by atoms with Gasteiger partial charge < -0.3 is 0 Å². The van der Waals surface area contributed by atoms with Crippen molar-refractivity contribution in [2.75, 3.05) is 5.32 Å². The number of rotatable bonds is 5. The van der Waals surface area contributed by atoms with Crippen molar-refractivity contribution in [3.8, 4) is 11.3 Å². The summed E-state index contributed by atoms with van der Waals surface area (Å²) >= 11 is 0. The molecule has 3 aromatic heterocycles. The highest BCUT2D eigenvalue weighted by molar-refractivity contribution is 6.02. The Labute approximate surface area is 165 Å². The van der Waals surface area contributed by atoms with Crippen molar-refractivity contribution in [3.63, 3.8) is 0 Å². The number of aryl methyl sites for hydroxylation is 2. The van der Waals surface area contributed by atoms with E-state index < -0.39 is 5.91 Å². The van der Waals surface area contributed by atoms with Gasteiger partial charge in [0.2, 0.25) is 5.95 Å². The number of hydrogen-bond acceptors (Lipinski definition) is 5. The van der Waals surface area contributed by atoms with Gasteiger partial charge in [-0.3, -0.25) is 25.0 Å². The molecular weight excluding hydrogens is 375 g/mol. The number of H-pyrrole nitrogens is 2. The molecule has 0 spiro atoms. The number of anilines is 1. The van der Waals surface area contributed by atoms with Crippen LogP contribution < -0.4 is 5.32 Å². The van der Waals surface area contributed by atoms with Crippen molar-refractivity contribution in [1.29, 1.82) is 0 Å². The van der Waals surface area contributed by atoms with Gasteiger partial charge in [-0.05, 0) is 37.6 Å². The maximum Gasteiger partial charge on any atom is 0.276 e. The Morgan fingerprint density at radius 2 is 1.93 bits per heavy atom. The summed E-state index contributed by atoms with van der Waals surface area (Å²) in [5.74, 6) is 0.000895. The van der Waals surface area contributed by atoms with E-state index in [4.69, 9.17) is 0 Å². The number of amides is 1. The summed E-state index contributed by atoms with van der Waals surface area (Å²) in [7, 11) is 1.86. The highest BCUT2D eigenvalue weighted by Gasteiger charge is 2.18. The summed E-state index contributed by atoms with van der Waals surface area (Å²) in [5.41, 5.74) is 4.49. The van der Waals surface area contributed by atoms with Gasteiger partial charge in [-0.1, -0.05) is 12.1 Å². The number of nitrogens with zero attached hydrogens (tertiary/aromatic N) is 5. The molecule has 3 N–H and O–H groups in total. The van der Waals surface area contributed by atoms with E-state index in [-0.39, 0.29) is 17.5 Å². The predicted molar refractivity (Wildman–Crippen MR) is 104 cm³/mol. The fourth-order valence-corrected chi connectivity index (χ4v) is 3.11. The number of aromatic nitrogens is 7. The molecular formula is C19H19FN8O. The van der Waals surface area contributed by atoms with Crippen molar-refractivity contribution < 1.29 is 9.18 Å². The smallest absolute Gasteiger partial charge is 0.276 e. The summed E-state index contributed by atoms with van der Waals surface area (Å²) in [4.78, 5) is 16.8. The normalized spacial score (nSPS) is 11.0. The average Bonchev–Trinajstić information content (AvgIpc) is 3.38. The summed E-state index contributed by atoms with van der Waals surface area (Å²) < 4.78 is 14.8. The minimum Gasteiger partial charge on any atom is -0.288 e.